The van der Waals surface area contributed by atoms with Crippen LogP contribution in [0.5, 0.6) is 0 Å². The lowest BCUT2D eigenvalue weighted by Crippen LogP contribution is -2.24. The van der Waals surface area contributed by atoms with Crippen LogP contribution in [0.2, 0.25) is 0 Å². The molecule has 5 heteroatoms. The molecule has 0 unspecified atom stereocenters. The molecule has 0 saturated heterocycles. The number of benzene rings is 1. The monoisotopic (exact) mass is 332 g/mol. The van der Waals surface area contributed by atoms with E-state index in [0.717, 1.165) is 30.2 Å². The lowest BCUT2D eigenvalue weighted by Gasteiger charge is -2.12. The van der Waals surface area contributed by atoms with Crippen molar-refractivity contribution in [3.8, 4) is 0 Å². The molecule has 0 aliphatic heterocycles. The van der Waals surface area contributed by atoms with Crippen molar-refractivity contribution in [2.75, 3.05) is 6.54 Å². The number of carbonyl (C=O) groups is 1. The standard InChI is InChI=1S/C19H25FN2O2/c1-12-11-14(8-9-15(12)20)17(23)21-10-6-7-16-13(2)22-18(24-16)19(3,4)5/h8-9,11H,6-7,10H2,1-5H3,(H,21,23). The van der Waals surface area contributed by atoms with Crippen LogP contribution >= 0.6 is 0 Å². The van der Waals surface area contributed by atoms with Crippen molar-refractivity contribution in [2.24, 2.45) is 0 Å². The van der Waals surface area contributed by atoms with Gasteiger partial charge in [-0.2, -0.15) is 0 Å². The number of nitrogens with one attached hydrogen (secondary N) is 1. The molecule has 0 fully saturated rings. The first-order valence-corrected chi connectivity index (χ1v) is 8.19. The molecule has 0 bridgehead atoms. The second-order valence-electron chi connectivity index (χ2n) is 7.10. The minimum absolute atomic E-state index is 0.113. The zero-order chi connectivity index (χ0) is 17.9. The average Bonchev–Trinajstić information content (AvgIpc) is 2.87. The molecule has 1 heterocycles. The zero-order valence-electron chi connectivity index (χ0n) is 15.0. The summed E-state index contributed by atoms with van der Waals surface area (Å²) < 4.78 is 19.1. The van der Waals surface area contributed by atoms with E-state index in [0.29, 0.717) is 17.7 Å². The Morgan fingerprint density at radius 1 is 1.29 bits per heavy atom. The van der Waals surface area contributed by atoms with Gasteiger partial charge in [0, 0.05) is 23.9 Å². The van der Waals surface area contributed by atoms with E-state index < -0.39 is 0 Å². The Hall–Kier alpha value is -2.17. The third-order valence-electron chi connectivity index (χ3n) is 3.82. The number of amides is 1. The van der Waals surface area contributed by atoms with Gasteiger partial charge in [-0.1, -0.05) is 20.8 Å². The third-order valence-corrected chi connectivity index (χ3v) is 3.82. The van der Waals surface area contributed by atoms with E-state index in [9.17, 15) is 9.18 Å². The van der Waals surface area contributed by atoms with E-state index in [1.54, 1.807) is 13.0 Å². The van der Waals surface area contributed by atoms with Gasteiger partial charge < -0.3 is 9.73 Å². The maximum atomic E-state index is 13.2. The Morgan fingerprint density at radius 3 is 2.58 bits per heavy atom. The summed E-state index contributed by atoms with van der Waals surface area (Å²) in [5.41, 5.74) is 1.73. The Balaban J connectivity index is 1.85. The van der Waals surface area contributed by atoms with Gasteiger partial charge in [0.25, 0.3) is 5.91 Å². The van der Waals surface area contributed by atoms with E-state index in [1.165, 1.54) is 12.1 Å². The normalized spacial score (nSPS) is 11.6. The summed E-state index contributed by atoms with van der Waals surface area (Å²) in [6, 6.07) is 4.37. The minimum atomic E-state index is -0.304. The Bertz CT molecular complexity index is 729. The number of rotatable bonds is 5. The highest BCUT2D eigenvalue weighted by atomic mass is 19.1. The molecule has 0 saturated carbocycles. The molecule has 0 radical (unpaired) electrons. The predicted octanol–water partition coefficient (Wildman–Crippen LogP) is 4.09. The van der Waals surface area contributed by atoms with E-state index in [4.69, 9.17) is 4.42 Å². The molecule has 24 heavy (non-hydrogen) atoms. The molecule has 0 atom stereocenters. The fourth-order valence-corrected chi connectivity index (χ4v) is 2.32. The summed E-state index contributed by atoms with van der Waals surface area (Å²) in [4.78, 5) is 16.5. The molecule has 2 rings (SSSR count). The molecule has 4 nitrogen and oxygen atoms in total. The second-order valence-corrected chi connectivity index (χ2v) is 7.10. The molecule has 0 aliphatic carbocycles. The van der Waals surface area contributed by atoms with Gasteiger partial charge in [0.15, 0.2) is 5.89 Å². The fourth-order valence-electron chi connectivity index (χ4n) is 2.32. The Kier molecular flexibility index (Phi) is 5.42. The van der Waals surface area contributed by atoms with Crippen molar-refractivity contribution in [2.45, 2.75) is 52.9 Å². The average molecular weight is 332 g/mol. The number of aromatic nitrogens is 1. The van der Waals surface area contributed by atoms with E-state index in [1.807, 2.05) is 6.92 Å². The summed E-state index contributed by atoms with van der Waals surface area (Å²) >= 11 is 0. The zero-order valence-corrected chi connectivity index (χ0v) is 15.0. The number of halogens is 1. The highest BCUT2D eigenvalue weighted by Gasteiger charge is 2.22. The van der Waals surface area contributed by atoms with Crippen LogP contribution in [0.1, 0.15) is 60.5 Å². The Labute approximate surface area is 142 Å². The van der Waals surface area contributed by atoms with Gasteiger partial charge in [0.1, 0.15) is 11.6 Å². The topological polar surface area (TPSA) is 55.1 Å². The van der Waals surface area contributed by atoms with Gasteiger partial charge in [-0.3, -0.25) is 4.79 Å². The minimum Gasteiger partial charge on any atom is -0.445 e. The number of carbonyl (C=O) groups excluding carboxylic acids is 1. The molecular weight excluding hydrogens is 307 g/mol. The van der Waals surface area contributed by atoms with Gasteiger partial charge in [0.2, 0.25) is 0 Å². The summed E-state index contributed by atoms with van der Waals surface area (Å²) in [7, 11) is 0. The molecule has 2 aromatic rings. The molecule has 0 aliphatic rings. The molecule has 130 valence electrons. The first-order valence-electron chi connectivity index (χ1n) is 8.19. The summed E-state index contributed by atoms with van der Waals surface area (Å²) in [6.07, 6.45) is 1.48. The van der Waals surface area contributed by atoms with Crippen LogP contribution in [-0.4, -0.2) is 17.4 Å². The maximum absolute atomic E-state index is 13.2. The van der Waals surface area contributed by atoms with Crippen LogP contribution in [0.3, 0.4) is 0 Å². The molecular formula is C19H25FN2O2. The maximum Gasteiger partial charge on any atom is 0.251 e. The van der Waals surface area contributed by atoms with Gasteiger partial charge >= 0.3 is 0 Å². The lowest BCUT2D eigenvalue weighted by atomic mass is 9.97. The smallest absolute Gasteiger partial charge is 0.251 e. The molecule has 0 spiro atoms. The van der Waals surface area contributed by atoms with Crippen molar-refractivity contribution in [1.82, 2.24) is 10.3 Å². The molecule has 1 amide bonds. The van der Waals surface area contributed by atoms with E-state index in [2.05, 4.69) is 31.1 Å². The predicted molar refractivity (Wildman–Crippen MR) is 91.7 cm³/mol. The van der Waals surface area contributed by atoms with Gasteiger partial charge in [-0.15, -0.1) is 0 Å². The third kappa shape index (κ3) is 4.43. The highest BCUT2D eigenvalue weighted by molar-refractivity contribution is 5.94. The fraction of sp³-hybridized carbons (Fsp3) is 0.474. The van der Waals surface area contributed by atoms with Gasteiger partial charge in [-0.25, -0.2) is 9.37 Å². The summed E-state index contributed by atoms with van der Waals surface area (Å²) in [5.74, 6) is 1.11. The molecule has 1 aromatic carbocycles. The van der Waals surface area contributed by atoms with Crippen molar-refractivity contribution in [3.63, 3.8) is 0 Å². The van der Waals surface area contributed by atoms with Crippen LogP contribution in [0, 0.1) is 19.7 Å². The van der Waals surface area contributed by atoms with Gasteiger partial charge in [0.05, 0.1) is 5.69 Å². The molecule has 1 N–H and O–H groups in total. The van der Waals surface area contributed by atoms with Crippen molar-refractivity contribution < 1.29 is 13.6 Å². The van der Waals surface area contributed by atoms with Crippen molar-refractivity contribution >= 4 is 5.91 Å². The van der Waals surface area contributed by atoms with Crippen LogP contribution in [-0.2, 0) is 11.8 Å². The van der Waals surface area contributed by atoms with E-state index in [-0.39, 0.29) is 17.1 Å². The Morgan fingerprint density at radius 2 is 2.00 bits per heavy atom. The largest absolute Gasteiger partial charge is 0.445 e. The van der Waals surface area contributed by atoms with Crippen LogP contribution in [0.15, 0.2) is 22.6 Å². The number of aryl methyl sites for hydroxylation is 3. The summed E-state index contributed by atoms with van der Waals surface area (Å²) in [5, 5.41) is 2.85. The van der Waals surface area contributed by atoms with E-state index >= 15 is 0 Å². The quantitative estimate of drug-likeness (QED) is 0.839. The number of nitrogens with zero attached hydrogens (tertiary/aromatic N) is 1. The number of hydrogen-bond acceptors (Lipinski definition) is 3. The highest BCUT2D eigenvalue weighted by Crippen LogP contribution is 2.24. The van der Waals surface area contributed by atoms with Crippen LogP contribution in [0.25, 0.3) is 0 Å². The van der Waals surface area contributed by atoms with Gasteiger partial charge in [-0.05, 0) is 44.0 Å². The second kappa shape index (κ2) is 7.16. The summed E-state index contributed by atoms with van der Waals surface area (Å²) in [6.45, 7) is 10.3. The first kappa shape index (κ1) is 18.2. The number of oxazole rings is 1. The van der Waals surface area contributed by atoms with Crippen LogP contribution < -0.4 is 5.32 Å². The SMILES string of the molecule is Cc1cc(C(=O)NCCCc2oc(C(C)(C)C)nc2C)ccc1F. The van der Waals surface area contributed by atoms with Crippen molar-refractivity contribution in [3.05, 3.63) is 52.5 Å². The lowest BCUT2D eigenvalue weighted by molar-refractivity contribution is 0.0953. The number of hydrogen-bond donors (Lipinski definition) is 1. The molecule has 1 aromatic heterocycles. The first-order chi connectivity index (χ1) is 11.2. The van der Waals surface area contributed by atoms with Crippen LogP contribution in [0.4, 0.5) is 4.39 Å². The van der Waals surface area contributed by atoms with Crippen molar-refractivity contribution in [1.29, 1.82) is 0 Å².